The number of anilines is 1. The number of hydrogen-bond acceptors (Lipinski definition) is 2. The number of nitrogens with zero attached hydrogens (tertiary/aromatic N) is 1. The van der Waals surface area contributed by atoms with Gasteiger partial charge in [-0.3, -0.25) is 0 Å². The van der Waals surface area contributed by atoms with Crippen molar-refractivity contribution < 1.29 is 4.39 Å². The predicted octanol–water partition coefficient (Wildman–Crippen LogP) is 5.51. The van der Waals surface area contributed by atoms with E-state index in [1.165, 1.54) is 18.9 Å². The van der Waals surface area contributed by atoms with Crippen LogP contribution in [0.25, 0.3) is 10.9 Å². The van der Waals surface area contributed by atoms with E-state index in [0.29, 0.717) is 16.5 Å². The molecular formula is C17H20ClFN2. The minimum Gasteiger partial charge on any atom is -0.384 e. The molecule has 2 aromatic rings. The third kappa shape index (κ3) is 2.98. The van der Waals surface area contributed by atoms with Gasteiger partial charge in [0.1, 0.15) is 5.52 Å². The molecule has 1 fully saturated rings. The van der Waals surface area contributed by atoms with Crippen molar-refractivity contribution in [3.8, 4) is 0 Å². The maximum Gasteiger partial charge on any atom is 0.150 e. The molecule has 0 amide bonds. The van der Waals surface area contributed by atoms with Crippen molar-refractivity contribution in [1.29, 1.82) is 0 Å². The lowest BCUT2D eigenvalue weighted by molar-refractivity contribution is 0.633. The molecule has 1 N–H and O–H groups in total. The van der Waals surface area contributed by atoms with Gasteiger partial charge in [-0.2, -0.15) is 0 Å². The van der Waals surface area contributed by atoms with Crippen molar-refractivity contribution in [3.63, 3.8) is 0 Å². The molecule has 0 radical (unpaired) electrons. The molecule has 1 aromatic carbocycles. The Bertz CT molecular complexity index is 651. The smallest absolute Gasteiger partial charge is 0.150 e. The average molecular weight is 307 g/mol. The van der Waals surface area contributed by atoms with Crippen LogP contribution in [0.5, 0.6) is 0 Å². The van der Waals surface area contributed by atoms with Crippen LogP contribution in [0.2, 0.25) is 5.02 Å². The molecule has 1 aliphatic carbocycles. The maximum absolute atomic E-state index is 14.2. The number of aromatic nitrogens is 1. The number of pyridine rings is 1. The van der Waals surface area contributed by atoms with Crippen LogP contribution in [0.1, 0.15) is 50.6 Å². The number of halogens is 2. The predicted molar refractivity (Wildman–Crippen MR) is 86.7 cm³/mol. The Morgan fingerprint density at radius 3 is 2.76 bits per heavy atom. The Morgan fingerprint density at radius 1 is 1.29 bits per heavy atom. The summed E-state index contributed by atoms with van der Waals surface area (Å²) in [5.74, 6) is 0.128. The van der Waals surface area contributed by atoms with Crippen LogP contribution < -0.4 is 5.32 Å². The van der Waals surface area contributed by atoms with Gasteiger partial charge in [-0.1, -0.05) is 31.4 Å². The van der Waals surface area contributed by atoms with Crippen molar-refractivity contribution in [2.75, 3.05) is 11.9 Å². The minimum absolute atomic E-state index is 0.336. The molecule has 0 spiro atoms. The van der Waals surface area contributed by atoms with E-state index in [-0.39, 0.29) is 5.82 Å². The highest BCUT2D eigenvalue weighted by molar-refractivity contribution is 6.31. The third-order valence-electron chi connectivity index (χ3n) is 4.19. The second-order valence-electron chi connectivity index (χ2n) is 5.79. The Labute approximate surface area is 129 Å². The first kappa shape index (κ1) is 14.6. The fraction of sp³-hybridized carbons (Fsp3) is 0.471. The summed E-state index contributed by atoms with van der Waals surface area (Å²) in [6.45, 7) is 2.97. The quantitative estimate of drug-likeness (QED) is 0.806. The Kier molecular flexibility index (Phi) is 4.29. The molecule has 112 valence electrons. The van der Waals surface area contributed by atoms with E-state index in [0.717, 1.165) is 42.6 Å². The van der Waals surface area contributed by atoms with Gasteiger partial charge in [0.2, 0.25) is 0 Å². The van der Waals surface area contributed by atoms with Gasteiger partial charge in [0, 0.05) is 34.3 Å². The standard InChI is InChI=1S/C17H20ClFN2/c1-2-7-20-16-10-15(11-5-3-4-6-11)21-17-13(16)8-12(18)9-14(17)19/h8-11H,2-7H2,1H3,(H,20,21). The molecule has 0 unspecified atom stereocenters. The minimum atomic E-state index is -0.336. The van der Waals surface area contributed by atoms with Crippen molar-refractivity contribution >= 4 is 28.2 Å². The second-order valence-corrected chi connectivity index (χ2v) is 6.22. The van der Waals surface area contributed by atoms with Crippen LogP contribution in [0.15, 0.2) is 18.2 Å². The van der Waals surface area contributed by atoms with Gasteiger partial charge in [0.05, 0.1) is 0 Å². The van der Waals surface area contributed by atoms with Gasteiger partial charge in [-0.25, -0.2) is 9.37 Å². The summed E-state index contributed by atoms with van der Waals surface area (Å²) in [6, 6.07) is 5.23. The normalized spacial score (nSPS) is 15.8. The molecule has 3 rings (SSSR count). The van der Waals surface area contributed by atoms with Crippen LogP contribution in [0, 0.1) is 5.82 Å². The van der Waals surface area contributed by atoms with E-state index in [9.17, 15) is 4.39 Å². The average Bonchev–Trinajstić information content (AvgIpc) is 2.99. The largest absolute Gasteiger partial charge is 0.384 e. The fourth-order valence-electron chi connectivity index (χ4n) is 3.11. The van der Waals surface area contributed by atoms with E-state index < -0.39 is 0 Å². The molecule has 1 heterocycles. The van der Waals surface area contributed by atoms with Crippen LogP contribution >= 0.6 is 11.6 Å². The van der Waals surface area contributed by atoms with E-state index >= 15 is 0 Å². The zero-order chi connectivity index (χ0) is 14.8. The van der Waals surface area contributed by atoms with Gasteiger partial charge in [-0.15, -0.1) is 0 Å². The van der Waals surface area contributed by atoms with E-state index in [1.54, 1.807) is 6.07 Å². The maximum atomic E-state index is 14.2. The first-order valence-corrected chi connectivity index (χ1v) is 8.10. The SMILES string of the molecule is CCCNc1cc(C2CCCC2)nc2c(F)cc(Cl)cc12. The van der Waals surface area contributed by atoms with Crippen molar-refractivity contribution in [3.05, 3.63) is 34.7 Å². The summed E-state index contributed by atoms with van der Waals surface area (Å²) >= 11 is 6.00. The summed E-state index contributed by atoms with van der Waals surface area (Å²) < 4.78 is 14.2. The first-order valence-electron chi connectivity index (χ1n) is 7.72. The number of fused-ring (bicyclic) bond motifs is 1. The topological polar surface area (TPSA) is 24.9 Å². The molecule has 21 heavy (non-hydrogen) atoms. The summed E-state index contributed by atoms with van der Waals surface area (Å²) in [7, 11) is 0. The highest BCUT2D eigenvalue weighted by Crippen LogP contribution is 2.37. The summed E-state index contributed by atoms with van der Waals surface area (Å²) in [5.41, 5.74) is 2.40. The van der Waals surface area contributed by atoms with E-state index in [1.807, 2.05) is 0 Å². The molecule has 1 aliphatic rings. The number of rotatable bonds is 4. The van der Waals surface area contributed by atoms with Gasteiger partial charge < -0.3 is 5.32 Å². The Morgan fingerprint density at radius 2 is 2.05 bits per heavy atom. The molecule has 0 aliphatic heterocycles. The second kappa shape index (κ2) is 6.18. The van der Waals surface area contributed by atoms with Gasteiger partial charge in [0.25, 0.3) is 0 Å². The first-order chi connectivity index (χ1) is 10.2. The van der Waals surface area contributed by atoms with Crippen LogP contribution in [0.3, 0.4) is 0 Å². The van der Waals surface area contributed by atoms with Crippen LogP contribution in [0.4, 0.5) is 10.1 Å². The molecule has 0 bridgehead atoms. The highest BCUT2D eigenvalue weighted by Gasteiger charge is 2.21. The Balaban J connectivity index is 2.13. The van der Waals surface area contributed by atoms with Crippen LogP contribution in [-0.4, -0.2) is 11.5 Å². The number of hydrogen-bond donors (Lipinski definition) is 1. The van der Waals surface area contributed by atoms with Gasteiger partial charge in [0.15, 0.2) is 5.82 Å². The summed E-state index contributed by atoms with van der Waals surface area (Å²) in [5, 5.41) is 4.58. The van der Waals surface area contributed by atoms with Crippen molar-refractivity contribution in [1.82, 2.24) is 4.98 Å². The van der Waals surface area contributed by atoms with E-state index in [4.69, 9.17) is 11.6 Å². The zero-order valence-corrected chi connectivity index (χ0v) is 13.0. The Hall–Kier alpha value is -1.35. The third-order valence-corrected chi connectivity index (χ3v) is 4.41. The van der Waals surface area contributed by atoms with Crippen LogP contribution in [-0.2, 0) is 0 Å². The van der Waals surface area contributed by atoms with Gasteiger partial charge in [-0.05, 0) is 37.5 Å². The molecule has 1 saturated carbocycles. The molecule has 0 atom stereocenters. The lowest BCUT2D eigenvalue weighted by Gasteiger charge is -2.15. The monoisotopic (exact) mass is 306 g/mol. The lowest BCUT2D eigenvalue weighted by Crippen LogP contribution is -2.05. The van der Waals surface area contributed by atoms with Crippen molar-refractivity contribution in [2.45, 2.75) is 44.9 Å². The molecule has 0 saturated heterocycles. The van der Waals surface area contributed by atoms with E-state index in [2.05, 4.69) is 23.3 Å². The molecule has 1 aromatic heterocycles. The molecule has 2 nitrogen and oxygen atoms in total. The van der Waals surface area contributed by atoms with Gasteiger partial charge >= 0.3 is 0 Å². The summed E-state index contributed by atoms with van der Waals surface area (Å²) in [6.07, 6.45) is 5.81. The fourth-order valence-corrected chi connectivity index (χ4v) is 3.31. The van der Waals surface area contributed by atoms with Crippen molar-refractivity contribution in [2.24, 2.45) is 0 Å². The highest BCUT2D eigenvalue weighted by atomic mass is 35.5. The molecular weight excluding hydrogens is 287 g/mol. The summed E-state index contributed by atoms with van der Waals surface area (Å²) in [4.78, 5) is 4.59. The number of nitrogens with one attached hydrogen (secondary N) is 1. The lowest BCUT2D eigenvalue weighted by atomic mass is 10.0. The number of benzene rings is 1. The molecule has 4 heteroatoms. The zero-order valence-electron chi connectivity index (χ0n) is 12.3.